The van der Waals surface area contributed by atoms with Gasteiger partial charge in [-0.2, -0.15) is 0 Å². The van der Waals surface area contributed by atoms with Crippen LogP contribution in [0.1, 0.15) is 52.4 Å². The first-order valence-electron chi connectivity index (χ1n) is 6.31. The summed E-state index contributed by atoms with van der Waals surface area (Å²) in [5, 5.41) is 13.4. The van der Waals surface area contributed by atoms with Crippen molar-refractivity contribution in [1.82, 2.24) is 5.32 Å². The molecule has 4 heteroatoms. The molecule has 1 saturated carbocycles. The Bertz CT molecular complexity index is 230. The van der Waals surface area contributed by atoms with Gasteiger partial charge in [-0.05, 0) is 26.7 Å². The molecule has 0 aliphatic heterocycles. The maximum absolute atomic E-state index is 10.3. The van der Waals surface area contributed by atoms with Crippen molar-refractivity contribution < 1.29 is 5.11 Å². The van der Waals surface area contributed by atoms with Gasteiger partial charge in [-0.3, -0.25) is 4.99 Å². The quantitative estimate of drug-likeness (QED) is 0.387. The second-order valence-corrected chi connectivity index (χ2v) is 5.14. The molecule has 4 nitrogen and oxygen atoms in total. The Hall–Kier alpha value is -0.770. The van der Waals surface area contributed by atoms with Crippen LogP contribution in [0.5, 0.6) is 0 Å². The Morgan fingerprint density at radius 1 is 1.31 bits per heavy atom. The van der Waals surface area contributed by atoms with E-state index in [0.717, 1.165) is 25.7 Å². The summed E-state index contributed by atoms with van der Waals surface area (Å²) in [7, 11) is 0. The molecule has 4 N–H and O–H groups in total. The molecule has 0 aromatic rings. The molecule has 0 heterocycles. The number of aliphatic imine (C=N–C) groups is 1. The third-order valence-electron chi connectivity index (χ3n) is 3.01. The fourth-order valence-electron chi connectivity index (χ4n) is 2.12. The lowest BCUT2D eigenvalue weighted by Gasteiger charge is -2.24. The minimum atomic E-state index is -0.625. The number of nitrogens with one attached hydrogen (secondary N) is 1. The van der Waals surface area contributed by atoms with Gasteiger partial charge in [-0.15, -0.1) is 0 Å². The summed E-state index contributed by atoms with van der Waals surface area (Å²) in [4.78, 5) is 4.23. The highest BCUT2D eigenvalue weighted by Gasteiger charge is 2.27. The normalized spacial score (nSPS) is 21.9. The van der Waals surface area contributed by atoms with Crippen LogP contribution in [0.4, 0.5) is 0 Å². The Morgan fingerprint density at radius 3 is 2.38 bits per heavy atom. The molecule has 1 fully saturated rings. The molecule has 0 amide bonds. The molecule has 1 aliphatic carbocycles. The van der Waals surface area contributed by atoms with Crippen LogP contribution in [0.2, 0.25) is 0 Å². The summed E-state index contributed by atoms with van der Waals surface area (Å²) in [6.45, 7) is 4.46. The lowest BCUT2D eigenvalue weighted by Crippen LogP contribution is -2.39. The standard InChI is InChI=1S/C12H25N3O/c1-10(2)15-11(13)14-9-12(16)7-5-3-4-6-8-12/h10,16H,3-9H2,1-2H3,(H3,13,14,15). The van der Waals surface area contributed by atoms with E-state index in [9.17, 15) is 5.11 Å². The molecular weight excluding hydrogens is 202 g/mol. The monoisotopic (exact) mass is 227 g/mol. The third kappa shape index (κ3) is 4.84. The van der Waals surface area contributed by atoms with Crippen LogP contribution in [0.15, 0.2) is 4.99 Å². The van der Waals surface area contributed by atoms with Gasteiger partial charge in [0.15, 0.2) is 5.96 Å². The van der Waals surface area contributed by atoms with Crippen molar-refractivity contribution in [3.63, 3.8) is 0 Å². The molecule has 16 heavy (non-hydrogen) atoms. The van der Waals surface area contributed by atoms with E-state index in [0.29, 0.717) is 12.5 Å². The van der Waals surface area contributed by atoms with Crippen molar-refractivity contribution in [2.45, 2.75) is 64.0 Å². The van der Waals surface area contributed by atoms with Gasteiger partial charge in [-0.1, -0.05) is 25.7 Å². The molecule has 0 unspecified atom stereocenters. The molecule has 0 saturated heterocycles. The van der Waals surface area contributed by atoms with E-state index in [-0.39, 0.29) is 6.04 Å². The summed E-state index contributed by atoms with van der Waals surface area (Å²) in [6.07, 6.45) is 6.36. The molecule has 0 bridgehead atoms. The number of hydrogen-bond acceptors (Lipinski definition) is 2. The second-order valence-electron chi connectivity index (χ2n) is 5.14. The van der Waals surface area contributed by atoms with E-state index in [1.807, 2.05) is 13.8 Å². The van der Waals surface area contributed by atoms with Gasteiger partial charge >= 0.3 is 0 Å². The van der Waals surface area contributed by atoms with Gasteiger partial charge in [0.1, 0.15) is 0 Å². The van der Waals surface area contributed by atoms with E-state index >= 15 is 0 Å². The fraction of sp³-hybridized carbons (Fsp3) is 0.917. The smallest absolute Gasteiger partial charge is 0.188 e. The van der Waals surface area contributed by atoms with Gasteiger partial charge < -0.3 is 16.2 Å². The zero-order valence-electron chi connectivity index (χ0n) is 10.5. The van der Waals surface area contributed by atoms with Gasteiger partial charge in [-0.25, -0.2) is 0 Å². The summed E-state index contributed by atoms with van der Waals surface area (Å²) in [6, 6.07) is 0.285. The Kier molecular flexibility index (Phi) is 5.06. The van der Waals surface area contributed by atoms with Crippen LogP contribution in [0.3, 0.4) is 0 Å². The zero-order chi connectivity index (χ0) is 12.0. The molecular formula is C12H25N3O. The first-order chi connectivity index (χ1) is 7.52. The number of hydrogen-bond donors (Lipinski definition) is 3. The zero-order valence-corrected chi connectivity index (χ0v) is 10.5. The van der Waals surface area contributed by atoms with Gasteiger partial charge in [0.05, 0.1) is 12.1 Å². The predicted molar refractivity (Wildman–Crippen MR) is 67.4 cm³/mol. The van der Waals surface area contributed by atoms with Crippen LogP contribution in [-0.2, 0) is 0 Å². The minimum Gasteiger partial charge on any atom is -0.388 e. The molecule has 1 aliphatic rings. The molecule has 0 spiro atoms. The van der Waals surface area contributed by atoms with Crippen molar-refractivity contribution in [2.75, 3.05) is 6.54 Å². The molecule has 0 atom stereocenters. The summed E-state index contributed by atoms with van der Waals surface area (Å²) in [5.41, 5.74) is 5.09. The Labute approximate surface area is 98.3 Å². The topological polar surface area (TPSA) is 70.6 Å². The van der Waals surface area contributed by atoms with E-state index < -0.39 is 5.60 Å². The van der Waals surface area contributed by atoms with Crippen LogP contribution in [-0.4, -0.2) is 29.3 Å². The maximum Gasteiger partial charge on any atom is 0.188 e. The van der Waals surface area contributed by atoms with Crippen LogP contribution in [0.25, 0.3) is 0 Å². The lowest BCUT2D eigenvalue weighted by atomic mass is 9.95. The van der Waals surface area contributed by atoms with Crippen LogP contribution in [0, 0.1) is 0 Å². The van der Waals surface area contributed by atoms with Crippen molar-refractivity contribution >= 4 is 5.96 Å². The highest BCUT2D eigenvalue weighted by Crippen LogP contribution is 2.27. The number of aliphatic hydroxyl groups is 1. The van der Waals surface area contributed by atoms with E-state index in [4.69, 9.17) is 5.73 Å². The van der Waals surface area contributed by atoms with E-state index in [1.165, 1.54) is 12.8 Å². The largest absolute Gasteiger partial charge is 0.388 e. The average Bonchev–Trinajstić information content (AvgIpc) is 2.40. The molecule has 0 aromatic heterocycles. The van der Waals surface area contributed by atoms with Gasteiger partial charge in [0, 0.05) is 6.04 Å². The molecule has 0 radical (unpaired) electrons. The van der Waals surface area contributed by atoms with Crippen molar-refractivity contribution in [3.8, 4) is 0 Å². The van der Waals surface area contributed by atoms with Crippen LogP contribution < -0.4 is 11.1 Å². The lowest BCUT2D eigenvalue weighted by molar-refractivity contribution is 0.0343. The Morgan fingerprint density at radius 2 is 1.88 bits per heavy atom. The third-order valence-corrected chi connectivity index (χ3v) is 3.01. The summed E-state index contributed by atoms with van der Waals surface area (Å²) in [5.74, 6) is 0.438. The number of nitrogens with two attached hydrogens (primary N) is 1. The van der Waals surface area contributed by atoms with Crippen molar-refractivity contribution in [2.24, 2.45) is 10.7 Å². The second kappa shape index (κ2) is 6.09. The SMILES string of the molecule is CC(C)NC(N)=NCC1(O)CCCCCC1. The number of rotatable bonds is 3. The highest BCUT2D eigenvalue weighted by molar-refractivity contribution is 5.78. The average molecular weight is 227 g/mol. The van der Waals surface area contributed by atoms with Crippen molar-refractivity contribution in [1.29, 1.82) is 0 Å². The Balaban J connectivity index is 2.44. The van der Waals surface area contributed by atoms with E-state index in [2.05, 4.69) is 10.3 Å². The van der Waals surface area contributed by atoms with Gasteiger partial charge in [0.25, 0.3) is 0 Å². The fourth-order valence-corrected chi connectivity index (χ4v) is 2.12. The predicted octanol–water partition coefficient (Wildman–Crippen LogP) is 1.38. The summed E-state index contributed by atoms with van der Waals surface area (Å²) >= 11 is 0. The van der Waals surface area contributed by atoms with E-state index in [1.54, 1.807) is 0 Å². The van der Waals surface area contributed by atoms with Gasteiger partial charge in [0.2, 0.25) is 0 Å². The van der Waals surface area contributed by atoms with Crippen molar-refractivity contribution in [3.05, 3.63) is 0 Å². The summed E-state index contributed by atoms with van der Waals surface area (Å²) < 4.78 is 0. The number of guanidine groups is 1. The molecule has 0 aromatic carbocycles. The maximum atomic E-state index is 10.3. The van der Waals surface area contributed by atoms with Crippen LogP contribution >= 0.6 is 0 Å². The number of nitrogens with zero attached hydrogens (tertiary/aromatic N) is 1. The molecule has 94 valence electrons. The first kappa shape index (κ1) is 13.3. The minimum absolute atomic E-state index is 0.285. The highest BCUT2D eigenvalue weighted by atomic mass is 16.3. The molecule has 1 rings (SSSR count). The first-order valence-corrected chi connectivity index (χ1v) is 6.31.